The van der Waals surface area contributed by atoms with Crippen molar-refractivity contribution < 1.29 is 19.1 Å². The Labute approximate surface area is 129 Å². The van der Waals surface area contributed by atoms with E-state index in [1.165, 1.54) is 14.2 Å². The molecule has 0 saturated heterocycles. The van der Waals surface area contributed by atoms with Crippen molar-refractivity contribution in [3.63, 3.8) is 0 Å². The Kier molecular flexibility index (Phi) is 5.09. The quantitative estimate of drug-likeness (QED) is 0.640. The van der Waals surface area contributed by atoms with E-state index in [9.17, 15) is 9.59 Å². The van der Waals surface area contributed by atoms with Gasteiger partial charge >= 0.3 is 11.9 Å². The third kappa shape index (κ3) is 3.82. The number of ether oxygens (including phenoxy) is 2. The second-order valence-corrected chi connectivity index (χ2v) is 4.57. The standard InChI is InChI=1S/C18H16O4/c1-21-17(19)15-7-3-5-13(11-15)9-10-14-6-4-8-16(12-14)18(20)22-2/h3-12H,1-2H3/b10-9+. The minimum Gasteiger partial charge on any atom is -0.465 e. The summed E-state index contributed by atoms with van der Waals surface area (Å²) >= 11 is 0. The van der Waals surface area contributed by atoms with Crippen molar-refractivity contribution in [2.75, 3.05) is 14.2 Å². The first-order valence-electron chi connectivity index (χ1n) is 6.69. The largest absolute Gasteiger partial charge is 0.465 e. The van der Waals surface area contributed by atoms with Crippen LogP contribution in [0.25, 0.3) is 12.2 Å². The maximum atomic E-state index is 11.5. The minimum absolute atomic E-state index is 0.372. The predicted molar refractivity (Wildman–Crippen MR) is 84.5 cm³/mol. The van der Waals surface area contributed by atoms with Crippen LogP contribution in [0.1, 0.15) is 31.8 Å². The monoisotopic (exact) mass is 296 g/mol. The van der Waals surface area contributed by atoms with Crippen LogP contribution >= 0.6 is 0 Å². The third-order valence-corrected chi connectivity index (χ3v) is 3.08. The van der Waals surface area contributed by atoms with Gasteiger partial charge in [0.2, 0.25) is 0 Å². The van der Waals surface area contributed by atoms with Crippen LogP contribution in [0, 0.1) is 0 Å². The Morgan fingerprint density at radius 3 is 1.55 bits per heavy atom. The molecule has 0 unspecified atom stereocenters. The molecule has 0 N–H and O–H groups in total. The molecule has 0 radical (unpaired) electrons. The molecule has 0 atom stereocenters. The van der Waals surface area contributed by atoms with E-state index < -0.39 is 0 Å². The highest BCUT2D eigenvalue weighted by molar-refractivity contribution is 5.91. The van der Waals surface area contributed by atoms with Gasteiger partial charge in [-0.1, -0.05) is 36.4 Å². The van der Waals surface area contributed by atoms with E-state index in [0.29, 0.717) is 11.1 Å². The highest BCUT2D eigenvalue weighted by atomic mass is 16.5. The number of carbonyl (C=O) groups is 2. The highest BCUT2D eigenvalue weighted by Gasteiger charge is 2.05. The molecule has 2 rings (SSSR count). The van der Waals surface area contributed by atoms with Crippen LogP contribution in [-0.2, 0) is 9.47 Å². The fraction of sp³-hybridized carbons (Fsp3) is 0.111. The van der Waals surface area contributed by atoms with E-state index in [4.69, 9.17) is 9.47 Å². The maximum absolute atomic E-state index is 11.5. The zero-order valence-electron chi connectivity index (χ0n) is 12.4. The van der Waals surface area contributed by atoms with Gasteiger partial charge in [-0.05, 0) is 35.4 Å². The highest BCUT2D eigenvalue weighted by Crippen LogP contribution is 2.13. The van der Waals surface area contributed by atoms with Crippen molar-refractivity contribution in [2.45, 2.75) is 0 Å². The van der Waals surface area contributed by atoms with Gasteiger partial charge in [0.25, 0.3) is 0 Å². The van der Waals surface area contributed by atoms with Gasteiger partial charge in [-0.3, -0.25) is 0 Å². The Bertz CT molecular complexity index is 655. The number of carbonyl (C=O) groups excluding carboxylic acids is 2. The smallest absolute Gasteiger partial charge is 0.337 e. The molecule has 2 aromatic carbocycles. The van der Waals surface area contributed by atoms with Gasteiger partial charge in [0.15, 0.2) is 0 Å². The molecule has 0 aliphatic carbocycles. The van der Waals surface area contributed by atoms with Gasteiger partial charge < -0.3 is 9.47 Å². The van der Waals surface area contributed by atoms with Crippen LogP contribution in [0.3, 0.4) is 0 Å². The molecule has 0 saturated carbocycles. The molecule has 112 valence electrons. The Morgan fingerprint density at radius 2 is 1.18 bits per heavy atom. The molecule has 0 bridgehead atoms. The van der Waals surface area contributed by atoms with Crippen LogP contribution in [-0.4, -0.2) is 26.2 Å². The lowest BCUT2D eigenvalue weighted by molar-refractivity contribution is 0.0592. The average molecular weight is 296 g/mol. The van der Waals surface area contributed by atoms with Crippen molar-refractivity contribution in [1.82, 2.24) is 0 Å². The molecule has 0 heterocycles. The van der Waals surface area contributed by atoms with Gasteiger partial charge in [0, 0.05) is 0 Å². The first-order chi connectivity index (χ1) is 10.6. The molecule has 0 aromatic heterocycles. The van der Waals surface area contributed by atoms with E-state index >= 15 is 0 Å². The van der Waals surface area contributed by atoms with Crippen molar-refractivity contribution >= 4 is 24.1 Å². The van der Waals surface area contributed by atoms with E-state index in [2.05, 4.69) is 0 Å². The van der Waals surface area contributed by atoms with Crippen LogP contribution in [0.5, 0.6) is 0 Å². The zero-order chi connectivity index (χ0) is 15.9. The van der Waals surface area contributed by atoms with E-state index in [0.717, 1.165) is 11.1 Å². The fourth-order valence-corrected chi connectivity index (χ4v) is 1.97. The van der Waals surface area contributed by atoms with E-state index in [1.54, 1.807) is 36.4 Å². The number of hydrogen-bond acceptors (Lipinski definition) is 4. The molecule has 0 aliphatic heterocycles. The summed E-state index contributed by atoms with van der Waals surface area (Å²) < 4.78 is 9.39. The summed E-state index contributed by atoms with van der Waals surface area (Å²) in [5, 5.41) is 0. The summed E-state index contributed by atoms with van der Waals surface area (Å²) in [7, 11) is 2.70. The summed E-state index contributed by atoms with van der Waals surface area (Å²) in [6, 6.07) is 14.2. The van der Waals surface area contributed by atoms with Crippen molar-refractivity contribution in [1.29, 1.82) is 0 Å². The summed E-state index contributed by atoms with van der Waals surface area (Å²) in [5.41, 5.74) is 2.72. The molecule has 4 nitrogen and oxygen atoms in total. The topological polar surface area (TPSA) is 52.6 Å². The molecule has 2 aromatic rings. The summed E-state index contributed by atoms with van der Waals surface area (Å²) in [6.07, 6.45) is 3.73. The lowest BCUT2D eigenvalue weighted by Crippen LogP contribution is -2.01. The summed E-state index contributed by atoms with van der Waals surface area (Å²) in [4.78, 5) is 23.0. The maximum Gasteiger partial charge on any atom is 0.337 e. The van der Waals surface area contributed by atoms with Crippen LogP contribution in [0.4, 0.5) is 0 Å². The normalized spacial score (nSPS) is 10.5. The summed E-state index contributed by atoms with van der Waals surface area (Å²) in [6.45, 7) is 0. The third-order valence-electron chi connectivity index (χ3n) is 3.08. The first-order valence-corrected chi connectivity index (χ1v) is 6.69. The van der Waals surface area contributed by atoms with Crippen molar-refractivity contribution in [3.8, 4) is 0 Å². The zero-order valence-corrected chi connectivity index (χ0v) is 12.4. The molecule has 0 spiro atoms. The summed E-state index contributed by atoms with van der Waals surface area (Å²) in [5.74, 6) is -0.745. The Morgan fingerprint density at radius 1 is 0.773 bits per heavy atom. The SMILES string of the molecule is COC(=O)c1cccc(/C=C/c2cccc(C(=O)OC)c2)c1. The lowest BCUT2D eigenvalue weighted by atomic mass is 10.1. The van der Waals surface area contributed by atoms with E-state index in [-0.39, 0.29) is 11.9 Å². The van der Waals surface area contributed by atoms with Crippen LogP contribution < -0.4 is 0 Å². The van der Waals surface area contributed by atoms with Crippen molar-refractivity contribution in [2.24, 2.45) is 0 Å². The fourth-order valence-electron chi connectivity index (χ4n) is 1.97. The van der Waals surface area contributed by atoms with Gasteiger partial charge in [-0.2, -0.15) is 0 Å². The van der Waals surface area contributed by atoms with E-state index in [1.807, 2.05) is 24.3 Å². The molecule has 0 fully saturated rings. The average Bonchev–Trinajstić information content (AvgIpc) is 2.59. The molecular formula is C18H16O4. The number of methoxy groups -OCH3 is 2. The lowest BCUT2D eigenvalue weighted by Gasteiger charge is -2.01. The molecular weight excluding hydrogens is 280 g/mol. The Hall–Kier alpha value is -2.88. The van der Waals surface area contributed by atoms with Gasteiger partial charge in [-0.15, -0.1) is 0 Å². The second kappa shape index (κ2) is 7.22. The number of benzene rings is 2. The predicted octanol–water partition coefficient (Wildman–Crippen LogP) is 3.43. The molecule has 0 aliphatic rings. The first kappa shape index (κ1) is 15.5. The second-order valence-electron chi connectivity index (χ2n) is 4.57. The molecule has 4 heteroatoms. The molecule has 0 amide bonds. The van der Waals surface area contributed by atoms with Crippen LogP contribution in [0.2, 0.25) is 0 Å². The Balaban J connectivity index is 2.22. The number of esters is 2. The van der Waals surface area contributed by atoms with Gasteiger partial charge in [0.05, 0.1) is 25.3 Å². The van der Waals surface area contributed by atoms with Gasteiger partial charge in [0.1, 0.15) is 0 Å². The molecule has 22 heavy (non-hydrogen) atoms. The minimum atomic E-state index is -0.372. The number of rotatable bonds is 4. The number of hydrogen-bond donors (Lipinski definition) is 0. The van der Waals surface area contributed by atoms with Crippen molar-refractivity contribution in [3.05, 3.63) is 70.8 Å². The van der Waals surface area contributed by atoms with Gasteiger partial charge in [-0.25, -0.2) is 9.59 Å². The van der Waals surface area contributed by atoms with Crippen LogP contribution in [0.15, 0.2) is 48.5 Å².